The summed E-state index contributed by atoms with van der Waals surface area (Å²) < 4.78 is 5.09. The number of methoxy groups -OCH3 is 1. The first-order valence-corrected chi connectivity index (χ1v) is 8.25. The van der Waals surface area contributed by atoms with Gasteiger partial charge in [-0.05, 0) is 52.7 Å². The fourth-order valence-electron chi connectivity index (χ4n) is 3.11. The largest absolute Gasteiger partial charge is 0.497 e. The molecule has 25 heavy (non-hydrogen) atoms. The predicted molar refractivity (Wildman–Crippen MR) is 88.9 cm³/mol. The second-order valence-corrected chi connectivity index (χ2v) is 6.24. The number of benzene rings is 1. The van der Waals surface area contributed by atoms with Crippen LogP contribution < -0.4 is 10.2 Å². The summed E-state index contributed by atoms with van der Waals surface area (Å²) in [6.45, 7) is 2.08. The van der Waals surface area contributed by atoms with Crippen molar-refractivity contribution in [1.29, 1.82) is 0 Å². The van der Waals surface area contributed by atoms with Crippen molar-refractivity contribution in [2.24, 2.45) is 10.9 Å². The molecule has 1 aromatic heterocycles. The number of ether oxygens (including phenoxy) is 1. The van der Waals surface area contributed by atoms with Crippen molar-refractivity contribution in [1.82, 2.24) is 14.7 Å². The van der Waals surface area contributed by atoms with Crippen molar-refractivity contribution in [3.05, 3.63) is 39.9 Å². The van der Waals surface area contributed by atoms with Crippen LogP contribution in [0, 0.1) is 16.0 Å². The molecule has 1 fully saturated rings. The first kappa shape index (κ1) is 17.0. The lowest BCUT2D eigenvalue weighted by molar-refractivity contribution is -0.391. The van der Waals surface area contributed by atoms with Gasteiger partial charge in [-0.15, -0.1) is 0 Å². The van der Waals surface area contributed by atoms with Crippen molar-refractivity contribution in [3.63, 3.8) is 0 Å². The lowest BCUT2D eigenvalue weighted by Crippen LogP contribution is -2.28. The van der Waals surface area contributed by atoms with E-state index in [4.69, 9.17) is 4.74 Å². The van der Waals surface area contributed by atoms with E-state index in [0.29, 0.717) is 22.2 Å². The third-order valence-corrected chi connectivity index (χ3v) is 4.59. The molecule has 0 spiro atoms. The molecule has 9 nitrogen and oxygen atoms in total. The molecule has 0 radical (unpaired) electrons. The van der Waals surface area contributed by atoms with Gasteiger partial charge >= 0.3 is 5.82 Å². The van der Waals surface area contributed by atoms with Crippen LogP contribution in [-0.4, -0.2) is 38.0 Å². The molecular weight excluding hydrogens is 326 g/mol. The fraction of sp³-hybridized carbons (Fsp3) is 0.500. The first-order valence-electron chi connectivity index (χ1n) is 8.25. The maximum atomic E-state index is 11.4. The summed E-state index contributed by atoms with van der Waals surface area (Å²) in [4.78, 5) is 16.9. The highest BCUT2D eigenvalue weighted by molar-refractivity contribution is 5.36. The highest BCUT2D eigenvalue weighted by Gasteiger charge is 2.27. The van der Waals surface area contributed by atoms with Crippen LogP contribution in [0.2, 0.25) is 0 Å². The number of hydrogen-bond acceptors (Lipinski definition) is 6. The van der Waals surface area contributed by atoms with Crippen molar-refractivity contribution in [3.8, 4) is 11.4 Å². The molecule has 1 aromatic carbocycles. The van der Waals surface area contributed by atoms with Gasteiger partial charge in [0.2, 0.25) is 0 Å². The monoisotopic (exact) mass is 347 g/mol. The number of aromatic nitrogens is 3. The van der Waals surface area contributed by atoms with Crippen LogP contribution >= 0.6 is 0 Å². The van der Waals surface area contributed by atoms with Crippen molar-refractivity contribution >= 4 is 5.82 Å². The maximum absolute atomic E-state index is 11.4. The SMILES string of the molecule is COc1ccc(-n2nc([N+](=O)[O-])c(=N[C@@H]3CCCC[C@@H]3C)n2O)cc1. The van der Waals surface area contributed by atoms with E-state index in [2.05, 4.69) is 17.0 Å². The summed E-state index contributed by atoms with van der Waals surface area (Å²) in [5.74, 6) is 0.490. The van der Waals surface area contributed by atoms with Crippen molar-refractivity contribution < 1.29 is 14.9 Å². The lowest BCUT2D eigenvalue weighted by atomic mass is 9.86. The van der Waals surface area contributed by atoms with Gasteiger partial charge in [-0.2, -0.15) is 0 Å². The zero-order valence-electron chi connectivity index (χ0n) is 14.2. The third-order valence-electron chi connectivity index (χ3n) is 4.59. The molecule has 1 saturated carbocycles. The zero-order valence-corrected chi connectivity index (χ0v) is 14.2. The summed E-state index contributed by atoms with van der Waals surface area (Å²) in [5, 5.41) is 25.7. The molecule has 1 aliphatic carbocycles. The smallest absolute Gasteiger partial charge is 0.438 e. The molecule has 134 valence electrons. The van der Waals surface area contributed by atoms with Crippen LogP contribution in [0.1, 0.15) is 32.6 Å². The second-order valence-electron chi connectivity index (χ2n) is 6.24. The minimum Gasteiger partial charge on any atom is -0.497 e. The normalized spacial score (nSPS) is 21.3. The Balaban J connectivity index is 2.08. The number of nitrogens with zero attached hydrogens (tertiary/aromatic N) is 5. The van der Waals surface area contributed by atoms with Gasteiger partial charge in [-0.1, -0.05) is 24.6 Å². The molecule has 1 heterocycles. The van der Waals surface area contributed by atoms with E-state index in [1.807, 2.05) is 0 Å². The first-order chi connectivity index (χ1) is 12.0. The number of nitro groups is 1. The molecule has 1 N–H and O–H groups in total. The number of rotatable bonds is 4. The topological polar surface area (TPSA) is 108 Å². The average Bonchev–Trinajstić information content (AvgIpc) is 2.94. The van der Waals surface area contributed by atoms with Gasteiger partial charge in [0.15, 0.2) is 0 Å². The molecular formula is C16H21N5O4. The molecule has 1 aliphatic rings. The standard InChI is InChI=1S/C16H21N5O4/c1-11-5-3-4-6-14(11)17-15-16(21(23)24)18-19(20(15)22)12-7-9-13(25-2)10-8-12/h7-11,14,22H,3-6H2,1-2H3/t11-,14+/m0/s1. The summed E-state index contributed by atoms with van der Waals surface area (Å²) in [7, 11) is 1.54. The molecule has 3 rings (SSSR count). The Hall–Kier alpha value is -2.84. The van der Waals surface area contributed by atoms with Crippen LogP contribution in [0.25, 0.3) is 5.69 Å². The highest BCUT2D eigenvalue weighted by atomic mass is 16.6. The highest BCUT2D eigenvalue weighted by Crippen LogP contribution is 2.26. The Morgan fingerprint density at radius 3 is 2.60 bits per heavy atom. The average molecular weight is 347 g/mol. The Labute approximate surface area is 144 Å². The van der Waals surface area contributed by atoms with Crippen LogP contribution in [0.15, 0.2) is 29.3 Å². The Morgan fingerprint density at radius 1 is 1.32 bits per heavy atom. The molecule has 0 amide bonds. The van der Waals surface area contributed by atoms with Gasteiger partial charge in [-0.25, -0.2) is 0 Å². The van der Waals surface area contributed by atoms with Gasteiger partial charge < -0.3 is 20.1 Å². The molecule has 2 atom stereocenters. The van der Waals surface area contributed by atoms with Crippen molar-refractivity contribution in [2.45, 2.75) is 38.6 Å². The van der Waals surface area contributed by atoms with E-state index in [9.17, 15) is 15.3 Å². The van der Waals surface area contributed by atoms with E-state index < -0.39 is 10.7 Å². The van der Waals surface area contributed by atoms with E-state index in [1.165, 1.54) is 0 Å². The zero-order chi connectivity index (χ0) is 18.0. The molecule has 2 aromatic rings. The Kier molecular flexibility index (Phi) is 4.73. The van der Waals surface area contributed by atoms with Crippen LogP contribution in [0.5, 0.6) is 5.75 Å². The van der Waals surface area contributed by atoms with E-state index >= 15 is 0 Å². The summed E-state index contributed by atoms with van der Waals surface area (Å²) in [6, 6.07) is 6.61. The van der Waals surface area contributed by atoms with Crippen LogP contribution in [-0.2, 0) is 0 Å². The molecule has 0 aliphatic heterocycles. The van der Waals surface area contributed by atoms with E-state index in [0.717, 1.165) is 30.5 Å². The van der Waals surface area contributed by atoms with Gasteiger partial charge in [0.25, 0.3) is 5.49 Å². The number of hydrogen-bond donors (Lipinski definition) is 1. The summed E-state index contributed by atoms with van der Waals surface area (Å²) in [6.07, 6.45) is 4.05. The Bertz CT molecular complexity index is 824. The van der Waals surface area contributed by atoms with Gasteiger partial charge in [0.05, 0.1) is 18.3 Å². The van der Waals surface area contributed by atoms with Gasteiger partial charge in [0.1, 0.15) is 11.4 Å². The lowest BCUT2D eigenvalue weighted by Gasteiger charge is -2.24. The maximum Gasteiger partial charge on any atom is 0.438 e. The minimum atomic E-state index is -0.626. The van der Waals surface area contributed by atoms with Gasteiger partial charge in [0, 0.05) is 0 Å². The van der Waals surface area contributed by atoms with Crippen LogP contribution in [0.4, 0.5) is 5.82 Å². The van der Waals surface area contributed by atoms with E-state index in [1.54, 1.807) is 31.4 Å². The van der Waals surface area contributed by atoms with Crippen LogP contribution in [0.3, 0.4) is 0 Å². The molecule has 0 saturated heterocycles. The van der Waals surface area contributed by atoms with Crippen molar-refractivity contribution in [2.75, 3.05) is 7.11 Å². The summed E-state index contributed by atoms with van der Waals surface area (Å²) in [5.41, 5.74) is 0.337. The summed E-state index contributed by atoms with van der Waals surface area (Å²) >= 11 is 0. The van der Waals surface area contributed by atoms with E-state index in [-0.39, 0.29) is 11.5 Å². The molecule has 0 bridgehead atoms. The second kappa shape index (κ2) is 6.96. The Morgan fingerprint density at radius 2 is 2.00 bits per heavy atom. The minimum absolute atomic E-state index is 0.0561. The van der Waals surface area contributed by atoms with Gasteiger partial charge in [-0.3, -0.25) is 4.99 Å². The fourth-order valence-corrected chi connectivity index (χ4v) is 3.11. The predicted octanol–water partition coefficient (Wildman–Crippen LogP) is 2.31. The molecule has 9 heteroatoms. The third kappa shape index (κ3) is 3.35. The quantitative estimate of drug-likeness (QED) is 0.519. The molecule has 0 unspecified atom stereocenters.